The Balaban J connectivity index is 1.67. The highest BCUT2D eigenvalue weighted by molar-refractivity contribution is 7.98. The van der Waals surface area contributed by atoms with E-state index in [0.29, 0.717) is 17.8 Å². The lowest BCUT2D eigenvalue weighted by Crippen LogP contribution is -2.23. The van der Waals surface area contributed by atoms with E-state index in [2.05, 4.69) is 20.6 Å². The Morgan fingerprint density at radius 3 is 2.78 bits per heavy atom. The molecule has 0 spiro atoms. The summed E-state index contributed by atoms with van der Waals surface area (Å²) < 4.78 is 1.65. The van der Waals surface area contributed by atoms with E-state index in [4.69, 9.17) is 0 Å². The number of hydrogen-bond acceptors (Lipinski definition) is 5. The Kier molecular flexibility index (Phi) is 4.68. The van der Waals surface area contributed by atoms with Crippen molar-refractivity contribution in [1.82, 2.24) is 25.3 Å². The number of thioether (sulfide) groups is 1. The summed E-state index contributed by atoms with van der Waals surface area (Å²) in [5.41, 5.74) is 2.23. The van der Waals surface area contributed by atoms with Gasteiger partial charge in [0, 0.05) is 17.3 Å². The maximum Gasteiger partial charge on any atom is 0.252 e. The highest BCUT2D eigenvalue weighted by Crippen LogP contribution is 2.19. The lowest BCUT2D eigenvalue weighted by molar-refractivity contribution is 0.0947. The molecule has 6 nitrogen and oxygen atoms in total. The van der Waals surface area contributed by atoms with E-state index in [1.165, 1.54) is 0 Å². The zero-order valence-corrected chi connectivity index (χ0v) is 13.3. The standard InChI is InChI=1S/C16H15N5OS/c1-23-15-5-3-2-4-14(15)16(22)18-10-12-11-21(20-19-12)13-6-8-17-9-7-13/h2-9,11H,10H2,1H3,(H,18,22). The highest BCUT2D eigenvalue weighted by Gasteiger charge is 2.11. The van der Waals surface area contributed by atoms with E-state index in [0.717, 1.165) is 10.6 Å². The first-order chi connectivity index (χ1) is 11.3. The molecule has 3 rings (SSSR count). The van der Waals surface area contributed by atoms with Crippen molar-refractivity contribution >= 4 is 17.7 Å². The predicted octanol–water partition coefficient (Wildman–Crippen LogP) is 2.31. The summed E-state index contributed by atoms with van der Waals surface area (Å²) in [6.45, 7) is 0.326. The van der Waals surface area contributed by atoms with Gasteiger partial charge in [-0.05, 0) is 30.5 Å². The zero-order valence-electron chi connectivity index (χ0n) is 12.5. The molecule has 3 aromatic rings. The Bertz CT molecular complexity index is 803. The minimum atomic E-state index is -0.117. The number of hydrogen-bond donors (Lipinski definition) is 1. The van der Waals surface area contributed by atoms with Crippen LogP contribution in [0.25, 0.3) is 5.69 Å². The van der Waals surface area contributed by atoms with Crippen LogP contribution in [0.1, 0.15) is 16.1 Å². The molecule has 0 fully saturated rings. The van der Waals surface area contributed by atoms with Crippen LogP contribution in [0.2, 0.25) is 0 Å². The molecule has 0 bridgehead atoms. The van der Waals surface area contributed by atoms with E-state index in [-0.39, 0.29) is 5.91 Å². The first-order valence-corrected chi connectivity index (χ1v) is 8.23. The Morgan fingerprint density at radius 1 is 1.22 bits per heavy atom. The molecule has 0 atom stereocenters. The Morgan fingerprint density at radius 2 is 2.00 bits per heavy atom. The topological polar surface area (TPSA) is 72.7 Å². The fourth-order valence-corrected chi connectivity index (χ4v) is 2.70. The number of aromatic nitrogens is 4. The molecule has 0 radical (unpaired) electrons. The quantitative estimate of drug-likeness (QED) is 0.729. The predicted molar refractivity (Wildman–Crippen MR) is 88.5 cm³/mol. The molecule has 7 heteroatoms. The van der Waals surface area contributed by atoms with Crippen LogP contribution in [-0.2, 0) is 6.54 Å². The fourth-order valence-electron chi connectivity index (χ4n) is 2.10. The van der Waals surface area contributed by atoms with E-state index in [1.54, 1.807) is 35.0 Å². The van der Waals surface area contributed by atoms with Gasteiger partial charge in [0.1, 0.15) is 5.69 Å². The number of carbonyl (C=O) groups is 1. The molecule has 0 saturated heterocycles. The van der Waals surface area contributed by atoms with Gasteiger partial charge in [0.05, 0.1) is 24.0 Å². The maximum atomic E-state index is 12.3. The largest absolute Gasteiger partial charge is 0.346 e. The maximum absolute atomic E-state index is 12.3. The van der Waals surface area contributed by atoms with Crippen molar-refractivity contribution < 1.29 is 4.79 Å². The van der Waals surface area contributed by atoms with Crippen LogP contribution in [0, 0.1) is 0 Å². The van der Waals surface area contributed by atoms with Gasteiger partial charge in [-0.25, -0.2) is 4.68 Å². The number of rotatable bonds is 5. The number of benzene rings is 1. The van der Waals surface area contributed by atoms with E-state index < -0.39 is 0 Å². The van der Waals surface area contributed by atoms with Crippen LogP contribution in [0.15, 0.2) is 59.9 Å². The van der Waals surface area contributed by atoms with Gasteiger partial charge < -0.3 is 5.32 Å². The van der Waals surface area contributed by atoms with Gasteiger partial charge in [-0.2, -0.15) is 0 Å². The van der Waals surface area contributed by atoms with Crippen molar-refractivity contribution in [3.8, 4) is 5.69 Å². The van der Waals surface area contributed by atoms with Crippen molar-refractivity contribution in [3.63, 3.8) is 0 Å². The molecular formula is C16H15N5OS. The number of amides is 1. The average Bonchev–Trinajstić information content (AvgIpc) is 3.09. The molecule has 0 unspecified atom stereocenters. The number of nitrogens with one attached hydrogen (secondary N) is 1. The summed E-state index contributed by atoms with van der Waals surface area (Å²) in [7, 11) is 0. The molecule has 0 aliphatic heterocycles. The molecule has 23 heavy (non-hydrogen) atoms. The number of pyridine rings is 1. The minimum absolute atomic E-state index is 0.117. The molecule has 1 aromatic carbocycles. The normalized spacial score (nSPS) is 10.5. The smallest absolute Gasteiger partial charge is 0.252 e. The van der Waals surface area contributed by atoms with Crippen LogP contribution >= 0.6 is 11.8 Å². The molecule has 0 saturated carbocycles. The second-order valence-electron chi connectivity index (χ2n) is 4.74. The Labute approximate surface area is 137 Å². The van der Waals surface area contributed by atoms with E-state index in [9.17, 15) is 4.79 Å². The number of nitrogens with zero attached hydrogens (tertiary/aromatic N) is 4. The summed E-state index contributed by atoms with van der Waals surface area (Å²) in [5, 5.41) is 11.0. The molecule has 1 amide bonds. The lowest BCUT2D eigenvalue weighted by Gasteiger charge is -2.07. The van der Waals surface area contributed by atoms with Crippen LogP contribution in [0.3, 0.4) is 0 Å². The van der Waals surface area contributed by atoms with Crippen LogP contribution in [0.5, 0.6) is 0 Å². The summed E-state index contributed by atoms with van der Waals surface area (Å²) in [6.07, 6.45) is 7.12. The molecule has 0 aliphatic carbocycles. The van der Waals surface area contributed by atoms with Crippen molar-refractivity contribution in [2.24, 2.45) is 0 Å². The molecule has 2 heterocycles. The van der Waals surface area contributed by atoms with Crippen molar-refractivity contribution in [2.75, 3.05) is 6.26 Å². The van der Waals surface area contributed by atoms with Gasteiger partial charge in [0.2, 0.25) is 0 Å². The molecule has 2 aromatic heterocycles. The zero-order chi connectivity index (χ0) is 16.1. The van der Waals surface area contributed by atoms with Gasteiger partial charge in [-0.3, -0.25) is 9.78 Å². The summed E-state index contributed by atoms with van der Waals surface area (Å²) >= 11 is 1.55. The van der Waals surface area contributed by atoms with Crippen molar-refractivity contribution in [2.45, 2.75) is 11.4 Å². The monoisotopic (exact) mass is 325 g/mol. The minimum Gasteiger partial charge on any atom is -0.346 e. The second-order valence-corrected chi connectivity index (χ2v) is 5.59. The average molecular weight is 325 g/mol. The van der Waals surface area contributed by atoms with Gasteiger partial charge in [0.25, 0.3) is 5.91 Å². The van der Waals surface area contributed by atoms with Crippen LogP contribution < -0.4 is 5.32 Å². The molecule has 1 N–H and O–H groups in total. The van der Waals surface area contributed by atoms with Gasteiger partial charge in [-0.1, -0.05) is 17.3 Å². The summed E-state index contributed by atoms with van der Waals surface area (Å²) in [6, 6.07) is 11.2. The first kappa shape index (κ1) is 15.2. The van der Waals surface area contributed by atoms with Crippen LogP contribution in [-0.4, -0.2) is 32.1 Å². The highest BCUT2D eigenvalue weighted by atomic mass is 32.2. The van der Waals surface area contributed by atoms with E-state index in [1.807, 2.05) is 42.7 Å². The third-order valence-corrected chi connectivity index (χ3v) is 4.05. The van der Waals surface area contributed by atoms with Crippen LogP contribution in [0.4, 0.5) is 0 Å². The van der Waals surface area contributed by atoms with Gasteiger partial charge >= 0.3 is 0 Å². The molecule has 116 valence electrons. The van der Waals surface area contributed by atoms with Gasteiger partial charge in [0.15, 0.2) is 0 Å². The van der Waals surface area contributed by atoms with Gasteiger partial charge in [-0.15, -0.1) is 16.9 Å². The summed E-state index contributed by atoms with van der Waals surface area (Å²) in [5.74, 6) is -0.117. The number of carbonyl (C=O) groups excluding carboxylic acids is 1. The van der Waals surface area contributed by atoms with Crippen molar-refractivity contribution in [1.29, 1.82) is 0 Å². The Hall–Kier alpha value is -2.67. The summed E-state index contributed by atoms with van der Waals surface area (Å²) in [4.78, 5) is 17.2. The molecule has 0 aliphatic rings. The van der Waals surface area contributed by atoms with E-state index >= 15 is 0 Å². The third-order valence-electron chi connectivity index (χ3n) is 3.25. The fraction of sp³-hybridized carbons (Fsp3) is 0.125. The SMILES string of the molecule is CSc1ccccc1C(=O)NCc1cn(-c2ccncc2)nn1. The third kappa shape index (κ3) is 3.57. The van der Waals surface area contributed by atoms with Crippen molar-refractivity contribution in [3.05, 3.63) is 66.2 Å². The second kappa shape index (κ2) is 7.06. The lowest BCUT2D eigenvalue weighted by atomic mass is 10.2. The molecular weight excluding hydrogens is 310 g/mol. The first-order valence-electron chi connectivity index (χ1n) is 7.01.